The Morgan fingerprint density at radius 3 is 2.42 bits per heavy atom. The predicted octanol–water partition coefficient (Wildman–Crippen LogP) is 4.07. The maximum atomic E-state index is 12.5. The van der Waals surface area contributed by atoms with E-state index in [1.807, 2.05) is 62.6 Å². The van der Waals surface area contributed by atoms with Crippen LogP contribution in [0.5, 0.6) is 5.75 Å². The maximum Gasteiger partial charge on any atom is 0.234 e. The minimum atomic E-state index is -0.332. The van der Waals surface area contributed by atoms with E-state index >= 15 is 0 Å². The van der Waals surface area contributed by atoms with Gasteiger partial charge in [0.1, 0.15) is 5.75 Å². The van der Waals surface area contributed by atoms with Gasteiger partial charge in [0.2, 0.25) is 5.91 Å². The van der Waals surface area contributed by atoms with Crippen LogP contribution < -0.4 is 10.1 Å². The third kappa shape index (κ3) is 5.73. The molecule has 2 rings (SSSR count). The topological polar surface area (TPSA) is 41.6 Å². The molecule has 0 saturated heterocycles. The number of carbonyl (C=O) groups is 1. The van der Waals surface area contributed by atoms with E-state index in [-0.39, 0.29) is 16.8 Å². The molecule has 2 atom stereocenters. The molecule has 0 aliphatic carbocycles. The van der Waals surface area contributed by atoms with Crippen molar-refractivity contribution in [1.29, 1.82) is 0 Å². The van der Waals surface area contributed by atoms with Crippen molar-refractivity contribution in [3.8, 4) is 5.75 Å². The summed E-state index contributed by atoms with van der Waals surface area (Å²) in [5.41, 5.74) is 2.07. The molecular weight excluding hydrogens is 416 g/mol. The number of nitrogens with zero attached hydrogens (tertiary/aromatic N) is 1. The van der Waals surface area contributed by atoms with Crippen LogP contribution in [0.15, 0.2) is 48.5 Å². The maximum absolute atomic E-state index is 12.5. The molecule has 6 heteroatoms. The van der Waals surface area contributed by atoms with Gasteiger partial charge in [0.15, 0.2) is 0 Å². The molecule has 4 nitrogen and oxygen atoms in total. The molecule has 0 aliphatic rings. The van der Waals surface area contributed by atoms with E-state index in [0.29, 0.717) is 18.0 Å². The van der Waals surface area contributed by atoms with Gasteiger partial charge in [0.05, 0.1) is 18.0 Å². The molecule has 0 aliphatic heterocycles. The van der Waals surface area contributed by atoms with Crippen molar-refractivity contribution in [3.05, 3.63) is 64.7 Å². The number of ether oxygens (including phenoxy) is 1. The van der Waals surface area contributed by atoms with Gasteiger partial charge in [-0.15, -0.1) is 0 Å². The highest BCUT2D eigenvalue weighted by atomic mass is 79.9. The standard InChI is InChI=1S/C20H24BrClN2O2/c1-24(2)19(14-8-10-16(26-3)11-9-14)13-23-20(25)17(21)12-15-6-4-5-7-18(15)22/h4-11,17,19H,12-13H2,1-3H3,(H,23,25). The Kier molecular flexibility index (Phi) is 7.94. The number of alkyl halides is 1. The number of hydrogen-bond acceptors (Lipinski definition) is 3. The minimum absolute atomic E-state index is 0.0507. The number of methoxy groups -OCH3 is 1. The van der Waals surface area contributed by atoms with E-state index in [1.165, 1.54) is 0 Å². The molecule has 2 unspecified atom stereocenters. The lowest BCUT2D eigenvalue weighted by Crippen LogP contribution is -2.38. The predicted molar refractivity (Wildman–Crippen MR) is 110 cm³/mol. The lowest BCUT2D eigenvalue weighted by molar-refractivity contribution is -0.120. The average molecular weight is 440 g/mol. The lowest BCUT2D eigenvalue weighted by Gasteiger charge is -2.26. The van der Waals surface area contributed by atoms with Gasteiger partial charge in [-0.1, -0.05) is 57.9 Å². The number of carbonyl (C=O) groups excluding carboxylic acids is 1. The van der Waals surface area contributed by atoms with E-state index in [4.69, 9.17) is 16.3 Å². The van der Waals surface area contributed by atoms with Crippen LogP contribution in [0.1, 0.15) is 17.2 Å². The summed E-state index contributed by atoms with van der Waals surface area (Å²) in [6.07, 6.45) is 0.542. The molecule has 2 aromatic rings. The second-order valence-corrected chi connectivity index (χ2v) is 7.77. The van der Waals surface area contributed by atoms with E-state index in [1.54, 1.807) is 7.11 Å². The van der Waals surface area contributed by atoms with Crippen LogP contribution in [0.4, 0.5) is 0 Å². The minimum Gasteiger partial charge on any atom is -0.497 e. The number of rotatable bonds is 8. The van der Waals surface area contributed by atoms with E-state index in [9.17, 15) is 4.79 Å². The fraction of sp³-hybridized carbons (Fsp3) is 0.350. The highest BCUT2D eigenvalue weighted by Crippen LogP contribution is 2.22. The van der Waals surface area contributed by atoms with Crippen molar-refractivity contribution >= 4 is 33.4 Å². The van der Waals surface area contributed by atoms with Gasteiger partial charge in [0.25, 0.3) is 0 Å². The van der Waals surface area contributed by atoms with Crippen molar-refractivity contribution in [2.45, 2.75) is 17.3 Å². The molecule has 1 amide bonds. The zero-order valence-corrected chi connectivity index (χ0v) is 17.5. The van der Waals surface area contributed by atoms with Gasteiger partial charge >= 0.3 is 0 Å². The number of likely N-dealkylation sites (N-methyl/N-ethyl adjacent to an activating group) is 1. The number of benzene rings is 2. The molecule has 2 aromatic carbocycles. The van der Waals surface area contributed by atoms with Crippen LogP contribution in [0.3, 0.4) is 0 Å². The normalized spacial score (nSPS) is 13.3. The Bertz CT molecular complexity index is 722. The van der Waals surface area contributed by atoms with E-state index < -0.39 is 0 Å². The monoisotopic (exact) mass is 438 g/mol. The second-order valence-electron chi connectivity index (χ2n) is 6.26. The molecule has 26 heavy (non-hydrogen) atoms. The fourth-order valence-electron chi connectivity index (χ4n) is 2.68. The average Bonchev–Trinajstić information content (AvgIpc) is 2.63. The van der Waals surface area contributed by atoms with Crippen molar-refractivity contribution < 1.29 is 9.53 Å². The molecule has 0 radical (unpaired) electrons. The zero-order valence-electron chi connectivity index (χ0n) is 15.2. The van der Waals surface area contributed by atoms with Crippen LogP contribution in [-0.4, -0.2) is 43.4 Å². The molecular formula is C20H24BrClN2O2. The second kappa shape index (κ2) is 9.95. The van der Waals surface area contributed by atoms with Gasteiger partial charge in [-0.2, -0.15) is 0 Å². The van der Waals surface area contributed by atoms with Gasteiger partial charge in [-0.3, -0.25) is 4.79 Å². The molecule has 0 saturated carbocycles. The van der Waals surface area contributed by atoms with Crippen molar-refractivity contribution in [3.63, 3.8) is 0 Å². The fourth-order valence-corrected chi connectivity index (χ4v) is 3.41. The zero-order chi connectivity index (χ0) is 19.1. The molecule has 1 N–H and O–H groups in total. The lowest BCUT2D eigenvalue weighted by atomic mass is 10.1. The molecule has 0 aromatic heterocycles. The van der Waals surface area contributed by atoms with E-state index in [2.05, 4.69) is 26.1 Å². The van der Waals surface area contributed by atoms with Gasteiger partial charge in [-0.05, 0) is 49.8 Å². The summed E-state index contributed by atoms with van der Waals surface area (Å²) in [6, 6.07) is 15.5. The van der Waals surface area contributed by atoms with Crippen LogP contribution in [0.2, 0.25) is 5.02 Å². The summed E-state index contributed by atoms with van der Waals surface area (Å²) in [6.45, 7) is 0.517. The molecule has 0 heterocycles. The Morgan fingerprint density at radius 1 is 1.19 bits per heavy atom. The van der Waals surface area contributed by atoms with Gasteiger partial charge in [-0.25, -0.2) is 0 Å². The van der Waals surface area contributed by atoms with Crippen molar-refractivity contribution in [2.75, 3.05) is 27.7 Å². The van der Waals surface area contributed by atoms with E-state index in [0.717, 1.165) is 16.9 Å². The van der Waals surface area contributed by atoms with Crippen LogP contribution in [-0.2, 0) is 11.2 Å². The summed E-state index contributed by atoms with van der Waals surface area (Å²) in [4.78, 5) is 14.2. The summed E-state index contributed by atoms with van der Waals surface area (Å²) >= 11 is 9.65. The van der Waals surface area contributed by atoms with Gasteiger partial charge in [0, 0.05) is 11.6 Å². The summed E-state index contributed by atoms with van der Waals surface area (Å²) < 4.78 is 5.20. The molecule has 140 valence electrons. The Morgan fingerprint density at radius 2 is 1.85 bits per heavy atom. The van der Waals surface area contributed by atoms with Crippen LogP contribution in [0, 0.1) is 0 Å². The summed E-state index contributed by atoms with van der Waals surface area (Å²) in [5.74, 6) is 0.765. The van der Waals surface area contributed by atoms with Crippen molar-refractivity contribution in [2.24, 2.45) is 0 Å². The quantitative estimate of drug-likeness (QED) is 0.630. The highest BCUT2D eigenvalue weighted by molar-refractivity contribution is 9.10. The van der Waals surface area contributed by atoms with Gasteiger partial charge < -0.3 is 15.0 Å². The molecule has 0 bridgehead atoms. The number of halogens is 2. The Hall–Kier alpha value is -1.56. The first-order chi connectivity index (χ1) is 12.4. The van der Waals surface area contributed by atoms with Crippen LogP contribution in [0.25, 0.3) is 0 Å². The first-order valence-electron chi connectivity index (χ1n) is 8.38. The smallest absolute Gasteiger partial charge is 0.234 e. The highest BCUT2D eigenvalue weighted by Gasteiger charge is 2.20. The number of amides is 1. The Labute approximate surface area is 168 Å². The molecule has 0 spiro atoms. The summed E-state index contributed by atoms with van der Waals surface area (Å²) in [5, 5.41) is 3.70. The largest absolute Gasteiger partial charge is 0.497 e. The SMILES string of the molecule is COc1ccc(C(CNC(=O)C(Br)Cc2ccccc2Cl)N(C)C)cc1. The Balaban J connectivity index is 1.97. The summed E-state index contributed by atoms with van der Waals surface area (Å²) in [7, 11) is 5.64. The first-order valence-corrected chi connectivity index (χ1v) is 9.67. The van der Waals surface area contributed by atoms with Crippen molar-refractivity contribution in [1.82, 2.24) is 10.2 Å². The number of hydrogen-bond donors (Lipinski definition) is 1. The first kappa shape index (κ1) is 20.7. The molecule has 0 fully saturated rings. The third-order valence-electron chi connectivity index (χ3n) is 4.24. The van der Waals surface area contributed by atoms with Crippen LogP contribution >= 0.6 is 27.5 Å². The third-order valence-corrected chi connectivity index (χ3v) is 5.34. The number of nitrogens with one attached hydrogen (secondary N) is 1.